The molecule has 1 aliphatic rings. The van der Waals surface area contributed by atoms with Crippen molar-refractivity contribution in [2.24, 2.45) is 5.92 Å². The molecule has 2 aromatic rings. The Morgan fingerprint density at radius 3 is 2.67 bits per heavy atom. The van der Waals surface area contributed by atoms with Crippen LogP contribution in [-0.2, 0) is 9.53 Å². The molecule has 2 heterocycles. The van der Waals surface area contributed by atoms with Crippen molar-refractivity contribution in [1.29, 1.82) is 0 Å². The van der Waals surface area contributed by atoms with Crippen LogP contribution in [0.2, 0.25) is 5.15 Å². The van der Waals surface area contributed by atoms with E-state index in [1.165, 1.54) is 19.2 Å². The van der Waals surface area contributed by atoms with Crippen LogP contribution in [0.3, 0.4) is 0 Å². The molecule has 0 amide bonds. The van der Waals surface area contributed by atoms with Gasteiger partial charge in [0, 0.05) is 25.1 Å². The number of anilines is 1. The van der Waals surface area contributed by atoms with Crippen molar-refractivity contribution in [3.05, 3.63) is 52.7 Å². The van der Waals surface area contributed by atoms with Gasteiger partial charge in [0.05, 0.1) is 13.0 Å². The quantitative estimate of drug-likeness (QED) is 0.794. The van der Waals surface area contributed by atoms with Crippen molar-refractivity contribution < 1.29 is 18.3 Å². The minimum atomic E-state index is -0.682. The van der Waals surface area contributed by atoms with Crippen LogP contribution in [0.5, 0.6) is 0 Å². The molecule has 0 aliphatic carbocycles. The molecule has 0 saturated carbocycles. The van der Waals surface area contributed by atoms with Crippen LogP contribution in [0.25, 0.3) is 0 Å². The third kappa shape index (κ3) is 3.17. The molecule has 0 spiro atoms. The second-order valence-electron chi connectivity index (χ2n) is 5.52. The van der Waals surface area contributed by atoms with Crippen LogP contribution in [0, 0.1) is 17.6 Å². The molecule has 2 atom stereocenters. The zero-order valence-corrected chi connectivity index (χ0v) is 13.5. The summed E-state index contributed by atoms with van der Waals surface area (Å²) in [7, 11) is 1.28. The first-order chi connectivity index (χ1) is 11.5. The molecule has 24 heavy (non-hydrogen) atoms. The zero-order valence-electron chi connectivity index (χ0n) is 12.7. The fraction of sp³-hybridized carbons (Fsp3) is 0.312. The minimum absolute atomic E-state index is 0.253. The standard InChI is InChI=1S/C16H14ClF2N3O2/c1-24-16(23)12-8-22(15-5-4-14(17)20-21-15)7-11(12)10-3-2-9(18)6-13(10)19/h2-6,11-12H,7-8H2,1H3/t11-,12+/m0/s1. The maximum absolute atomic E-state index is 14.2. The van der Waals surface area contributed by atoms with Crippen LogP contribution in [-0.4, -0.2) is 36.4 Å². The molecule has 1 aromatic heterocycles. The average molecular weight is 354 g/mol. The maximum Gasteiger partial charge on any atom is 0.311 e. The lowest BCUT2D eigenvalue weighted by Gasteiger charge is -2.17. The van der Waals surface area contributed by atoms with Gasteiger partial charge in [-0.1, -0.05) is 17.7 Å². The molecule has 0 N–H and O–H groups in total. The van der Waals surface area contributed by atoms with E-state index in [0.717, 1.165) is 6.07 Å². The lowest BCUT2D eigenvalue weighted by Crippen LogP contribution is -2.25. The van der Waals surface area contributed by atoms with Gasteiger partial charge < -0.3 is 9.64 Å². The lowest BCUT2D eigenvalue weighted by molar-refractivity contribution is -0.145. The van der Waals surface area contributed by atoms with E-state index in [4.69, 9.17) is 16.3 Å². The third-order valence-electron chi connectivity index (χ3n) is 4.13. The zero-order chi connectivity index (χ0) is 17.3. The van der Waals surface area contributed by atoms with Crippen molar-refractivity contribution >= 4 is 23.4 Å². The molecule has 126 valence electrons. The number of nitrogens with zero attached hydrogens (tertiary/aromatic N) is 3. The summed E-state index contributed by atoms with van der Waals surface area (Å²) >= 11 is 5.73. The second kappa shape index (κ2) is 6.68. The Hall–Kier alpha value is -2.28. The van der Waals surface area contributed by atoms with Gasteiger partial charge in [-0.05, 0) is 23.8 Å². The molecule has 0 bridgehead atoms. The molecule has 8 heteroatoms. The number of hydrogen-bond acceptors (Lipinski definition) is 5. The van der Waals surface area contributed by atoms with Gasteiger partial charge in [0.1, 0.15) is 11.6 Å². The van der Waals surface area contributed by atoms with Crippen molar-refractivity contribution in [3.63, 3.8) is 0 Å². The van der Waals surface area contributed by atoms with E-state index < -0.39 is 29.4 Å². The van der Waals surface area contributed by atoms with E-state index in [1.54, 1.807) is 17.0 Å². The van der Waals surface area contributed by atoms with Gasteiger partial charge in [0.2, 0.25) is 0 Å². The van der Waals surface area contributed by atoms with Crippen molar-refractivity contribution in [1.82, 2.24) is 10.2 Å². The minimum Gasteiger partial charge on any atom is -0.469 e. The SMILES string of the molecule is COC(=O)[C@@H]1CN(c2ccc(Cl)nn2)C[C@H]1c1ccc(F)cc1F. The van der Waals surface area contributed by atoms with Crippen LogP contribution >= 0.6 is 11.6 Å². The number of rotatable bonds is 3. The first kappa shape index (κ1) is 16.6. The average Bonchev–Trinajstić information content (AvgIpc) is 2.99. The Morgan fingerprint density at radius 1 is 1.25 bits per heavy atom. The summed E-state index contributed by atoms with van der Waals surface area (Å²) in [6.45, 7) is 0.628. The van der Waals surface area contributed by atoms with Gasteiger partial charge >= 0.3 is 5.97 Å². The highest BCUT2D eigenvalue weighted by atomic mass is 35.5. The van der Waals surface area contributed by atoms with Gasteiger partial charge in [-0.3, -0.25) is 4.79 Å². The number of halogens is 3. The second-order valence-corrected chi connectivity index (χ2v) is 5.91. The van der Waals surface area contributed by atoms with Crippen LogP contribution in [0.1, 0.15) is 11.5 Å². The van der Waals surface area contributed by atoms with Gasteiger partial charge in [0.25, 0.3) is 0 Å². The summed E-state index contributed by atoms with van der Waals surface area (Å²) in [5.41, 5.74) is 0.274. The van der Waals surface area contributed by atoms with E-state index in [-0.39, 0.29) is 10.7 Å². The van der Waals surface area contributed by atoms with Crippen LogP contribution < -0.4 is 4.90 Å². The fourth-order valence-electron chi connectivity index (χ4n) is 2.98. The Kier molecular flexibility index (Phi) is 4.62. The van der Waals surface area contributed by atoms with E-state index in [0.29, 0.717) is 18.9 Å². The summed E-state index contributed by atoms with van der Waals surface area (Å²) in [6, 6.07) is 6.62. The molecule has 0 unspecified atom stereocenters. The number of benzene rings is 1. The first-order valence-corrected chi connectivity index (χ1v) is 7.64. The van der Waals surface area contributed by atoms with Crippen molar-refractivity contribution in [2.75, 3.05) is 25.1 Å². The molecule has 1 saturated heterocycles. The summed E-state index contributed by atoms with van der Waals surface area (Å²) in [5, 5.41) is 8.01. The van der Waals surface area contributed by atoms with Crippen LogP contribution in [0.4, 0.5) is 14.6 Å². The number of carbonyl (C=O) groups is 1. The summed E-state index contributed by atoms with van der Waals surface area (Å²) in [4.78, 5) is 13.9. The molecule has 3 rings (SSSR count). The van der Waals surface area contributed by atoms with E-state index in [9.17, 15) is 13.6 Å². The lowest BCUT2D eigenvalue weighted by atomic mass is 9.88. The third-order valence-corrected chi connectivity index (χ3v) is 4.33. The number of ether oxygens (including phenoxy) is 1. The summed E-state index contributed by atoms with van der Waals surface area (Å²) in [5.74, 6) is -2.34. The smallest absolute Gasteiger partial charge is 0.311 e. The Balaban J connectivity index is 1.93. The van der Waals surface area contributed by atoms with E-state index in [2.05, 4.69) is 10.2 Å². The number of aromatic nitrogens is 2. The Bertz CT molecular complexity index is 757. The van der Waals surface area contributed by atoms with E-state index >= 15 is 0 Å². The van der Waals surface area contributed by atoms with Crippen molar-refractivity contribution in [2.45, 2.75) is 5.92 Å². The highest BCUT2D eigenvalue weighted by molar-refractivity contribution is 6.29. The van der Waals surface area contributed by atoms with E-state index in [1.807, 2.05) is 0 Å². The van der Waals surface area contributed by atoms with Gasteiger partial charge in [-0.25, -0.2) is 8.78 Å². The molecular weight excluding hydrogens is 340 g/mol. The number of methoxy groups -OCH3 is 1. The molecule has 1 aliphatic heterocycles. The van der Waals surface area contributed by atoms with Crippen LogP contribution in [0.15, 0.2) is 30.3 Å². The highest BCUT2D eigenvalue weighted by Crippen LogP contribution is 2.36. The largest absolute Gasteiger partial charge is 0.469 e. The van der Waals surface area contributed by atoms with Gasteiger partial charge in [-0.2, -0.15) is 0 Å². The molecule has 5 nitrogen and oxygen atoms in total. The number of hydrogen-bond donors (Lipinski definition) is 0. The highest BCUT2D eigenvalue weighted by Gasteiger charge is 2.41. The predicted molar refractivity (Wildman–Crippen MR) is 83.9 cm³/mol. The first-order valence-electron chi connectivity index (χ1n) is 7.26. The monoisotopic (exact) mass is 353 g/mol. The van der Waals surface area contributed by atoms with Crippen molar-refractivity contribution in [3.8, 4) is 0 Å². The fourth-order valence-corrected chi connectivity index (χ4v) is 3.08. The Morgan fingerprint density at radius 2 is 2.04 bits per heavy atom. The predicted octanol–water partition coefficient (Wildman–Crippen LogP) is 2.80. The number of carbonyl (C=O) groups excluding carboxylic acids is 1. The summed E-state index contributed by atoms with van der Waals surface area (Å²) in [6.07, 6.45) is 0. The van der Waals surface area contributed by atoms with Gasteiger partial charge in [0.15, 0.2) is 11.0 Å². The molecule has 1 fully saturated rings. The number of esters is 1. The molecular formula is C16H14ClF2N3O2. The maximum atomic E-state index is 14.2. The topological polar surface area (TPSA) is 55.3 Å². The molecule has 0 radical (unpaired) electrons. The normalized spacial score (nSPS) is 20.2. The summed E-state index contributed by atoms with van der Waals surface area (Å²) < 4.78 is 32.2. The van der Waals surface area contributed by atoms with Gasteiger partial charge in [-0.15, -0.1) is 10.2 Å². The Labute approximate surface area is 142 Å². The molecule has 1 aromatic carbocycles.